The SMILES string of the molecule is O=C(NCCCCn1ccccc1=O)Nc1ccc(C(=O)Nc2ccccc2)cc1. The van der Waals surface area contributed by atoms with Crippen LogP contribution in [0.4, 0.5) is 16.2 Å². The molecular formula is C23H24N4O3. The second-order valence-electron chi connectivity index (χ2n) is 6.72. The monoisotopic (exact) mass is 404 g/mol. The number of unbranched alkanes of at least 4 members (excludes halogenated alkanes) is 1. The van der Waals surface area contributed by atoms with Crippen molar-refractivity contribution in [3.05, 3.63) is 94.9 Å². The van der Waals surface area contributed by atoms with Crippen LogP contribution in [-0.4, -0.2) is 23.1 Å². The summed E-state index contributed by atoms with van der Waals surface area (Å²) in [6, 6.07) is 20.6. The summed E-state index contributed by atoms with van der Waals surface area (Å²) in [6.07, 6.45) is 3.30. The molecule has 0 unspecified atom stereocenters. The first-order valence-corrected chi connectivity index (χ1v) is 9.78. The molecule has 7 nitrogen and oxygen atoms in total. The van der Waals surface area contributed by atoms with E-state index in [9.17, 15) is 14.4 Å². The number of nitrogens with zero attached hydrogens (tertiary/aromatic N) is 1. The first-order chi connectivity index (χ1) is 14.6. The molecule has 0 atom stereocenters. The van der Waals surface area contributed by atoms with E-state index in [4.69, 9.17) is 0 Å². The summed E-state index contributed by atoms with van der Waals surface area (Å²) < 4.78 is 1.65. The first-order valence-electron chi connectivity index (χ1n) is 9.78. The number of aryl methyl sites for hydroxylation is 1. The number of nitrogens with one attached hydrogen (secondary N) is 3. The topological polar surface area (TPSA) is 92.2 Å². The molecule has 0 saturated carbocycles. The lowest BCUT2D eigenvalue weighted by Gasteiger charge is -2.09. The van der Waals surface area contributed by atoms with Crippen LogP contribution >= 0.6 is 0 Å². The number of benzene rings is 2. The van der Waals surface area contributed by atoms with Crippen LogP contribution in [0.3, 0.4) is 0 Å². The van der Waals surface area contributed by atoms with E-state index in [0.29, 0.717) is 24.3 Å². The van der Waals surface area contributed by atoms with Crippen molar-refractivity contribution in [2.75, 3.05) is 17.2 Å². The first kappa shape index (κ1) is 20.9. The Balaban J connectivity index is 1.38. The van der Waals surface area contributed by atoms with Gasteiger partial charge in [-0.25, -0.2) is 4.79 Å². The summed E-state index contributed by atoms with van der Waals surface area (Å²) in [7, 11) is 0. The van der Waals surface area contributed by atoms with Gasteiger partial charge in [-0.3, -0.25) is 9.59 Å². The largest absolute Gasteiger partial charge is 0.338 e. The van der Waals surface area contributed by atoms with Crippen LogP contribution in [0.25, 0.3) is 0 Å². The van der Waals surface area contributed by atoms with Crippen LogP contribution in [0.1, 0.15) is 23.2 Å². The Labute approximate surface area is 174 Å². The number of pyridine rings is 1. The van der Waals surface area contributed by atoms with Crippen LogP contribution in [0.2, 0.25) is 0 Å². The summed E-state index contributed by atoms with van der Waals surface area (Å²) >= 11 is 0. The molecule has 0 bridgehead atoms. The summed E-state index contributed by atoms with van der Waals surface area (Å²) in [4.78, 5) is 35.9. The van der Waals surface area contributed by atoms with Gasteiger partial charge in [0.2, 0.25) is 5.56 Å². The number of urea groups is 1. The van der Waals surface area contributed by atoms with Gasteiger partial charge in [0, 0.05) is 42.3 Å². The summed E-state index contributed by atoms with van der Waals surface area (Å²) in [6.45, 7) is 1.13. The van der Waals surface area contributed by atoms with Crippen molar-refractivity contribution in [3.8, 4) is 0 Å². The molecule has 1 aromatic heterocycles. The van der Waals surface area contributed by atoms with Gasteiger partial charge in [-0.15, -0.1) is 0 Å². The zero-order valence-electron chi connectivity index (χ0n) is 16.5. The van der Waals surface area contributed by atoms with Gasteiger partial charge in [-0.2, -0.15) is 0 Å². The number of carbonyl (C=O) groups is 2. The molecule has 2 aromatic carbocycles. The van der Waals surface area contributed by atoms with Crippen LogP contribution in [0, 0.1) is 0 Å². The van der Waals surface area contributed by atoms with Crippen molar-refractivity contribution in [1.82, 2.24) is 9.88 Å². The van der Waals surface area contributed by atoms with Crippen LogP contribution in [0.5, 0.6) is 0 Å². The van der Waals surface area contributed by atoms with Crippen LogP contribution < -0.4 is 21.5 Å². The number of aromatic nitrogens is 1. The molecule has 0 aliphatic rings. The van der Waals surface area contributed by atoms with E-state index < -0.39 is 0 Å². The highest BCUT2D eigenvalue weighted by molar-refractivity contribution is 6.04. The fraction of sp³-hybridized carbons (Fsp3) is 0.174. The van der Waals surface area contributed by atoms with E-state index in [-0.39, 0.29) is 17.5 Å². The molecule has 0 fully saturated rings. The molecule has 1 heterocycles. The third-order valence-corrected chi connectivity index (χ3v) is 4.45. The minimum absolute atomic E-state index is 0.0240. The van der Waals surface area contributed by atoms with Gasteiger partial charge in [0.25, 0.3) is 5.91 Å². The standard InChI is InChI=1S/C23H24N4O3/c28-21-10-4-6-16-27(21)17-7-5-15-24-23(30)26-20-13-11-18(12-14-20)22(29)25-19-8-2-1-3-9-19/h1-4,6,8-14,16H,5,7,15,17H2,(H,25,29)(H2,24,26,30). The number of rotatable bonds is 8. The molecule has 0 spiro atoms. The Bertz CT molecular complexity index is 1030. The van der Waals surface area contributed by atoms with Gasteiger partial charge in [-0.1, -0.05) is 24.3 Å². The highest BCUT2D eigenvalue weighted by atomic mass is 16.2. The lowest BCUT2D eigenvalue weighted by atomic mass is 10.2. The third-order valence-electron chi connectivity index (χ3n) is 4.45. The van der Waals surface area contributed by atoms with Gasteiger partial charge in [0.15, 0.2) is 0 Å². The number of hydrogen-bond acceptors (Lipinski definition) is 3. The van der Waals surface area contributed by atoms with Gasteiger partial charge in [0.1, 0.15) is 0 Å². The average molecular weight is 404 g/mol. The Morgan fingerprint density at radius 3 is 2.20 bits per heavy atom. The van der Waals surface area contributed by atoms with Crippen molar-refractivity contribution in [2.24, 2.45) is 0 Å². The van der Waals surface area contributed by atoms with Crippen molar-refractivity contribution >= 4 is 23.3 Å². The molecule has 154 valence electrons. The normalized spacial score (nSPS) is 10.3. The maximum Gasteiger partial charge on any atom is 0.319 e. The number of amides is 3. The van der Waals surface area contributed by atoms with Crippen molar-refractivity contribution in [1.29, 1.82) is 0 Å². The van der Waals surface area contributed by atoms with E-state index in [1.54, 1.807) is 41.1 Å². The molecule has 3 amide bonds. The molecule has 7 heteroatoms. The van der Waals surface area contributed by atoms with E-state index >= 15 is 0 Å². The fourth-order valence-electron chi connectivity index (χ4n) is 2.86. The third kappa shape index (κ3) is 6.34. The lowest BCUT2D eigenvalue weighted by Crippen LogP contribution is -2.29. The van der Waals surface area contributed by atoms with Crippen LogP contribution in [0.15, 0.2) is 83.8 Å². The average Bonchev–Trinajstić information content (AvgIpc) is 2.76. The number of carbonyl (C=O) groups excluding carboxylic acids is 2. The number of para-hydroxylation sites is 1. The summed E-state index contributed by atoms with van der Waals surface area (Å²) in [5, 5.41) is 8.34. The lowest BCUT2D eigenvalue weighted by molar-refractivity contribution is 0.102. The molecule has 3 N–H and O–H groups in total. The second-order valence-corrected chi connectivity index (χ2v) is 6.72. The van der Waals surface area contributed by atoms with Gasteiger partial charge in [0.05, 0.1) is 0 Å². The summed E-state index contributed by atoms with van der Waals surface area (Å²) in [5.74, 6) is -0.213. The molecule has 0 aliphatic carbocycles. The van der Waals surface area contributed by atoms with E-state index in [1.165, 1.54) is 6.07 Å². The zero-order valence-corrected chi connectivity index (χ0v) is 16.5. The Hall–Kier alpha value is -3.87. The predicted octanol–water partition coefficient (Wildman–Crippen LogP) is 3.70. The molecule has 3 rings (SSSR count). The minimum atomic E-state index is -0.312. The fourth-order valence-corrected chi connectivity index (χ4v) is 2.86. The van der Waals surface area contributed by atoms with Crippen molar-refractivity contribution in [3.63, 3.8) is 0 Å². The minimum Gasteiger partial charge on any atom is -0.338 e. The van der Waals surface area contributed by atoms with Crippen molar-refractivity contribution in [2.45, 2.75) is 19.4 Å². The highest BCUT2D eigenvalue weighted by Crippen LogP contribution is 2.12. The predicted molar refractivity (Wildman–Crippen MR) is 118 cm³/mol. The van der Waals surface area contributed by atoms with Gasteiger partial charge in [-0.05, 0) is 55.3 Å². The zero-order chi connectivity index (χ0) is 21.2. The molecule has 3 aromatic rings. The number of anilines is 2. The molecule has 0 radical (unpaired) electrons. The molecule has 0 aliphatic heterocycles. The van der Waals surface area contributed by atoms with E-state index in [2.05, 4.69) is 16.0 Å². The quantitative estimate of drug-likeness (QED) is 0.500. The molecular weight excluding hydrogens is 380 g/mol. The molecule has 30 heavy (non-hydrogen) atoms. The molecule has 0 saturated heterocycles. The maximum atomic E-state index is 12.2. The van der Waals surface area contributed by atoms with Crippen LogP contribution in [-0.2, 0) is 6.54 Å². The van der Waals surface area contributed by atoms with E-state index in [0.717, 1.165) is 18.5 Å². The number of hydrogen-bond donors (Lipinski definition) is 3. The smallest absolute Gasteiger partial charge is 0.319 e. The Kier molecular flexibility index (Phi) is 7.38. The highest BCUT2D eigenvalue weighted by Gasteiger charge is 2.07. The van der Waals surface area contributed by atoms with Crippen molar-refractivity contribution < 1.29 is 9.59 Å². The Morgan fingerprint density at radius 1 is 0.767 bits per heavy atom. The Morgan fingerprint density at radius 2 is 1.47 bits per heavy atom. The van der Waals surface area contributed by atoms with Gasteiger partial charge >= 0.3 is 6.03 Å². The maximum absolute atomic E-state index is 12.2. The second kappa shape index (κ2) is 10.6. The van der Waals surface area contributed by atoms with Gasteiger partial charge < -0.3 is 20.5 Å². The van der Waals surface area contributed by atoms with E-state index in [1.807, 2.05) is 36.4 Å². The summed E-state index contributed by atoms with van der Waals surface area (Å²) in [5.41, 5.74) is 1.80.